The summed E-state index contributed by atoms with van der Waals surface area (Å²) in [5, 5.41) is 33.3. The second-order valence-electron chi connectivity index (χ2n) is 4.81. The molecular weight excluding hydrogens is 288 g/mol. The van der Waals surface area contributed by atoms with Gasteiger partial charge in [0.25, 0.3) is 11.9 Å². The normalized spacial score (nSPS) is 9.09. The second-order valence-corrected chi connectivity index (χ2v) is 4.81. The quantitative estimate of drug-likeness (QED) is 0.664. The Hall–Kier alpha value is -1.92. The summed E-state index contributed by atoms with van der Waals surface area (Å²) in [4.78, 5) is 18.0. The Morgan fingerprint density at radius 3 is 1.09 bits per heavy atom. The number of aliphatic carboxylic acids is 2. The first kappa shape index (κ1) is 22.4. The zero-order chi connectivity index (χ0) is 18.0. The number of carboxylic acid groups (broad SMARTS) is 2. The van der Waals surface area contributed by atoms with E-state index < -0.39 is 11.9 Å². The van der Waals surface area contributed by atoms with E-state index in [0.717, 1.165) is 41.7 Å². The molecule has 4 N–H and O–H groups in total. The van der Waals surface area contributed by atoms with Gasteiger partial charge in [0.05, 0.1) is 13.2 Å². The molecule has 0 aliphatic carbocycles. The first-order valence-electron chi connectivity index (χ1n) is 6.70. The lowest BCUT2D eigenvalue weighted by Crippen LogP contribution is -2.05. The third-order valence-corrected chi connectivity index (χ3v) is 3.25. The smallest absolute Gasteiger partial charge is 0.300 e. The average Bonchev–Trinajstić information content (AvgIpc) is 2.36. The van der Waals surface area contributed by atoms with Gasteiger partial charge in [0.1, 0.15) is 0 Å². The van der Waals surface area contributed by atoms with Gasteiger partial charge >= 0.3 is 0 Å². The molecule has 0 bridgehead atoms. The highest BCUT2D eigenvalue weighted by molar-refractivity contribution is 5.63. The molecule has 0 spiro atoms. The molecule has 0 heterocycles. The summed E-state index contributed by atoms with van der Waals surface area (Å²) >= 11 is 0. The summed E-state index contributed by atoms with van der Waals surface area (Å²) < 4.78 is 0. The van der Waals surface area contributed by atoms with E-state index in [2.05, 4.69) is 0 Å². The van der Waals surface area contributed by atoms with E-state index in [9.17, 15) is 10.2 Å². The van der Waals surface area contributed by atoms with Crippen molar-refractivity contribution in [2.45, 2.75) is 54.8 Å². The lowest BCUT2D eigenvalue weighted by Gasteiger charge is -2.18. The monoisotopic (exact) mass is 314 g/mol. The molecule has 126 valence electrons. The molecule has 6 nitrogen and oxygen atoms in total. The van der Waals surface area contributed by atoms with Crippen LogP contribution in [0.3, 0.4) is 0 Å². The molecule has 0 aromatic heterocycles. The number of hydrogen-bond donors (Lipinski definition) is 4. The van der Waals surface area contributed by atoms with Crippen LogP contribution >= 0.6 is 0 Å². The number of aliphatic hydroxyl groups is 2. The van der Waals surface area contributed by atoms with Crippen LogP contribution in [-0.4, -0.2) is 32.4 Å². The highest BCUT2D eigenvalue weighted by Crippen LogP contribution is 2.26. The lowest BCUT2D eigenvalue weighted by atomic mass is 9.89. The van der Waals surface area contributed by atoms with Crippen molar-refractivity contribution in [2.24, 2.45) is 0 Å². The minimum Gasteiger partial charge on any atom is -0.481 e. The Bertz CT molecular complexity index is 469. The first-order valence-corrected chi connectivity index (χ1v) is 6.70. The maximum atomic E-state index is 9.25. The van der Waals surface area contributed by atoms with E-state index >= 15 is 0 Å². The fourth-order valence-corrected chi connectivity index (χ4v) is 1.95. The predicted molar refractivity (Wildman–Crippen MR) is 83.9 cm³/mol. The molecule has 1 aromatic carbocycles. The maximum absolute atomic E-state index is 9.25. The van der Waals surface area contributed by atoms with Crippen LogP contribution in [0.25, 0.3) is 0 Å². The molecule has 1 aromatic rings. The summed E-state index contributed by atoms with van der Waals surface area (Å²) in [7, 11) is 0. The van der Waals surface area contributed by atoms with Crippen molar-refractivity contribution < 1.29 is 30.0 Å². The largest absolute Gasteiger partial charge is 0.481 e. The van der Waals surface area contributed by atoms with Crippen LogP contribution in [0.2, 0.25) is 0 Å². The van der Waals surface area contributed by atoms with Gasteiger partial charge in [-0.3, -0.25) is 9.59 Å². The third kappa shape index (κ3) is 7.75. The zero-order valence-corrected chi connectivity index (χ0v) is 14.0. The Balaban J connectivity index is 0. The average molecular weight is 314 g/mol. The van der Waals surface area contributed by atoms with E-state index in [-0.39, 0.29) is 13.2 Å². The molecule has 0 saturated heterocycles. The van der Waals surface area contributed by atoms with Crippen LogP contribution < -0.4 is 0 Å². The van der Waals surface area contributed by atoms with Gasteiger partial charge in [-0.2, -0.15) is 0 Å². The van der Waals surface area contributed by atoms with Crippen LogP contribution in [0.15, 0.2) is 0 Å². The Morgan fingerprint density at radius 1 is 0.682 bits per heavy atom. The van der Waals surface area contributed by atoms with Crippen LogP contribution in [0.1, 0.15) is 47.2 Å². The Labute approximate surface area is 131 Å². The summed E-state index contributed by atoms with van der Waals surface area (Å²) in [6, 6.07) is 0. The molecular formula is C16H26O6. The van der Waals surface area contributed by atoms with Gasteiger partial charge in [-0.1, -0.05) is 0 Å². The molecule has 0 aliphatic rings. The fraction of sp³-hybridized carbons (Fsp3) is 0.500. The number of carboxylic acids is 2. The van der Waals surface area contributed by atoms with Crippen LogP contribution in [0, 0.1) is 27.7 Å². The molecule has 0 atom stereocenters. The summed E-state index contributed by atoms with van der Waals surface area (Å²) in [5.74, 6) is -1.67. The van der Waals surface area contributed by atoms with Gasteiger partial charge in [-0.15, -0.1) is 0 Å². The number of hydrogen-bond acceptors (Lipinski definition) is 4. The van der Waals surface area contributed by atoms with Gasteiger partial charge in [-0.05, 0) is 61.1 Å². The number of aliphatic hydroxyl groups excluding tert-OH is 2. The van der Waals surface area contributed by atoms with Crippen LogP contribution in [0.4, 0.5) is 0 Å². The summed E-state index contributed by atoms with van der Waals surface area (Å²) in [6.45, 7) is 10.3. The van der Waals surface area contributed by atoms with E-state index in [0.29, 0.717) is 0 Å². The van der Waals surface area contributed by atoms with E-state index in [1.54, 1.807) is 0 Å². The Morgan fingerprint density at radius 2 is 0.909 bits per heavy atom. The SMILES string of the molecule is CC(=O)O.CC(=O)O.Cc1c(C)c(CO)c(C)c(CO)c1C. The van der Waals surface area contributed by atoms with Crippen LogP contribution in [-0.2, 0) is 22.8 Å². The van der Waals surface area contributed by atoms with E-state index in [1.165, 1.54) is 5.56 Å². The molecule has 0 aliphatic heterocycles. The van der Waals surface area contributed by atoms with E-state index in [1.807, 2.05) is 27.7 Å². The second kappa shape index (κ2) is 10.8. The number of rotatable bonds is 2. The van der Waals surface area contributed by atoms with Crippen molar-refractivity contribution in [3.8, 4) is 0 Å². The molecule has 22 heavy (non-hydrogen) atoms. The minimum absolute atomic E-state index is 0.0474. The molecule has 1 rings (SSSR count). The molecule has 6 heteroatoms. The van der Waals surface area contributed by atoms with Crippen molar-refractivity contribution in [1.29, 1.82) is 0 Å². The maximum Gasteiger partial charge on any atom is 0.300 e. The first-order chi connectivity index (χ1) is 10.0. The molecule has 0 unspecified atom stereocenters. The Kier molecular flexibility index (Phi) is 10.9. The fourth-order valence-electron chi connectivity index (χ4n) is 1.95. The van der Waals surface area contributed by atoms with Crippen molar-refractivity contribution in [2.75, 3.05) is 0 Å². The molecule has 0 saturated carbocycles. The summed E-state index contributed by atoms with van der Waals surface area (Å²) in [6.07, 6.45) is 0. The van der Waals surface area contributed by atoms with Crippen molar-refractivity contribution in [1.82, 2.24) is 0 Å². The van der Waals surface area contributed by atoms with Gasteiger partial charge in [0.15, 0.2) is 0 Å². The van der Waals surface area contributed by atoms with Gasteiger partial charge in [-0.25, -0.2) is 0 Å². The third-order valence-electron chi connectivity index (χ3n) is 3.25. The highest BCUT2D eigenvalue weighted by atomic mass is 16.4. The number of benzene rings is 1. The van der Waals surface area contributed by atoms with Crippen molar-refractivity contribution in [3.63, 3.8) is 0 Å². The van der Waals surface area contributed by atoms with Crippen molar-refractivity contribution in [3.05, 3.63) is 33.4 Å². The zero-order valence-electron chi connectivity index (χ0n) is 14.0. The predicted octanol–water partition coefficient (Wildman–Crippen LogP) is 2.09. The van der Waals surface area contributed by atoms with Gasteiger partial charge < -0.3 is 20.4 Å². The molecule has 0 amide bonds. The molecule has 0 radical (unpaired) electrons. The minimum atomic E-state index is -0.833. The lowest BCUT2D eigenvalue weighted by molar-refractivity contribution is -0.135. The summed E-state index contributed by atoms with van der Waals surface area (Å²) in [5.41, 5.74) is 6.38. The van der Waals surface area contributed by atoms with Gasteiger partial charge in [0, 0.05) is 13.8 Å². The highest BCUT2D eigenvalue weighted by Gasteiger charge is 2.12. The van der Waals surface area contributed by atoms with Gasteiger partial charge in [0.2, 0.25) is 0 Å². The topological polar surface area (TPSA) is 115 Å². The standard InChI is InChI=1S/C12H18O2.2C2H4O2/c1-7-8(2)11(5-13)10(4)12(6-14)9(7)3;2*1-2(3)4/h13-14H,5-6H2,1-4H3;2*1H3,(H,3,4). The van der Waals surface area contributed by atoms with Crippen LogP contribution in [0.5, 0.6) is 0 Å². The number of carbonyl (C=O) groups is 2. The molecule has 0 fully saturated rings. The van der Waals surface area contributed by atoms with Crippen molar-refractivity contribution >= 4 is 11.9 Å². The van der Waals surface area contributed by atoms with E-state index in [4.69, 9.17) is 19.8 Å².